The van der Waals surface area contributed by atoms with E-state index in [4.69, 9.17) is 0 Å². The van der Waals surface area contributed by atoms with E-state index in [1.807, 2.05) is 0 Å². The summed E-state index contributed by atoms with van der Waals surface area (Å²) < 4.78 is 38.6. The predicted octanol–water partition coefficient (Wildman–Crippen LogP) is 3.56. The van der Waals surface area contributed by atoms with Crippen molar-refractivity contribution in [3.63, 3.8) is 0 Å². The summed E-state index contributed by atoms with van der Waals surface area (Å²) in [5.41, 5.74) is 1.19. The zero-order chi connectivity index (χ0) is 14.2. The van der Waals surface area contributed by atoms with Crippen LogP contribution in [-0.4, -0.2) is 19.1 Å². The average Bonchev–Trinajstić information content (AvgIpc) is 3.07. The molecular formula is C15H19F3N2. The molecule has 1 N–H and O–H groups in total. The fraction of sp³-hybridized carbons (Fsp3) is 0.600. The lowest BCUT2D eigenvalue weighted by molar-refractivity contribution is -0.137. The van der Waals surface area contributed by atoms with E-state index in [2.05, 4.69) is 10.2 Å². The molecule has 1 heterocycles. The highest BCUT2D eigenvalue weighted by molar-refractivity contribution is 5.56. The molecule has 1 aliphatic carbocycles. The van der Waals surface area contributed by atoms with E-state index in [9.17, 15) is 13.2 Å². The molecule has 110 valence electrons. The van der Waals surface area contributed by atoms with Crippen LogP contribution in [0.1, 0.15) is 36.8 Å². The maximum atomic E-state index is 12.9. The first kappa shape index (κ1) is 13.7. The Morgan fingerprint density at radius 3 is 2.45 bits per heavy atom. The van der Waals surface area contributed by atoms with Crippen molar-refractivity contribution in [1.82, 2.24) is 5.32 Å². The maximum absolute atomic E-state index is 12.9. The summed E-state index contributed by atoms with van der Waals surface area (Å²) in [5, 5.41) is 3.39. The van der Waals surface area contributed by atoms with Gasteiger partial charge in [-0.05, 0) is 43.4 Å². The van der Waals surface area contributed by atoms with Gasteiger partial charge in [-0.15, -0.1) is 0 Å². The van der Waals surface area contributed by atoms with Crippen LogP contribution in [0.2, 0.25) is 0 Å². The molecule has 0 spiro atoms. The molecule has 2 fully saturated rings. The monoisotopic (exact) mass is 284 g/mol. The van der Waals surface area contributed by atoms with Crippen molar-refractivity contribution in [3.8, 4) is 0 Å². The van der Waals surface area contributed by atoms with Crippen molar-refractivity contribution >= 4 is 5.69 Å². The van der Waals surface area contributed by atoms with Crippen molar-refractivity contribution in [3.05, 3.63) is 29.3 Å². The molecule has 1 saturated heterocycles. The molecule has 0 unspecified atom stereocenters. The number of anilines is 1. The quantitative estimate of drug-likeness (QED) is 0.909. The smallest absolute Gasteiger partial charge is 0.371 e. The Hall–Kier alpha value is -1.23. The zero-order valence-electron chi connectivity index (χ0n) is 11.3. The Kier molecular flexibility index (Phi) is 3.63. The third-order valence-electron chi connectivity index (χ3n) is 4.02. The third kappa shape index (κ3) is 3.08. The molecule has 1 aromatic carbocycles. The molecule has 0 aromatic heterocycles. The fourth-order valence-corrected chi connectivity index (χ4v) is 2.68. The van der Waals surface area contributed by atoms with Crippen molar-refractivity contribution in [2.45, 2.75) is 44.4 Å². The van der Waals surface area contributed by atoms with Crippen molar-refractivity contribution in [1.29, 1.82) is 0 Å². The number of hydrogen-bond donors (Lipinski definition) is 1. The van der Waals surface area contributed by atoms with Crippen LogP contribution in [0.4, 0.5) is 18.9 Å². The first-order valence-electron chi connectivity index (χ1n) is 7.22. The number of nitrogens with zero attached hydrogens (tertiary/aromatic N) is 1. The molecule has 20 heavy (non-hydrogen) atoms. The van der Waals surface area contributed by atoms with E-state index in [-0.39, 0.29) is 0 Å². The van der Waals surface area contributed by atoms with Gasteiger partial charge in [-0.25, -0.2) is 0 Å². The van der Waals surface area contributed by atoms with Crippen LogP contribution in [0.5, 0.6) is 0 Å². The van der Waals surface area contributed by atoms with Gasteiger partial charge in [0.1, 0.15) is 0 Å². The number of nitrogens with one attached hydrogen (secondary N) is 1. The molecule has 2 aliphatic rings. The summed E-state index contributed by atoms with van der Waals surface area (Å²) in [5.74, 6) is 0. The number of benzene rings is 1. The molecule has 3 rings (SSSR count). The van der Waals surface area contributed by atoms with Crippen LogP contribution >= 0.6 is 0 Å². The normalized spacial score (nSPS) is 19.6. The number of alkyl halides is 3. The Balaban J connectivity index is 1.86. The Morgan fingerprint density at radius 2 is 1.85 bits per heavy atom. The summed E-state index contributed by atoms with van der Waals surface area (Å²) in [6, 6.07) is 4.70. The Labute approximate surface area is 117 Å². The van der Waals surface area contributed by atoms with E-state index in [1.54, 1.807) is 6.07 Å². The van der Waals surface area contributed by atoms with Gasteiger partial charge >= 0.3 is 6.18 Å². The largest absolute Gasteiger partial charge is 0.416 e. The summed E-state index contributed by atoms with van der Waals surface area (Å²) in [4.78, 5) is 2.08. The first-order valence-corrected chi connectivity index (χ1v) is 7.22. The molecule has 1 aliphatic heterocycles. The first-order chi connectivity index (χ1) is 9.54. The highest BCUT2D eigenvalue weighted by atomic mass is 19.4. The van der Waals surface area contributed by atoms with E-state index in [0.717, 1.165) is 37.2 Å². The lowest BCUT2D eigenvalue weighted by Gasteiger charge is -2.23. The van der Waals surface area contributed by atoms with Gasteiger partial charge in [0.05, 0.1) is 5.56 Å². The minimum atomic E-state index is -4.27. The Bertz CT molecular complexity index is 474. The second-order valence-corrected chi connectivity index (χ2v) is 5.69. The topological polar surface area (TPSA) is 15.3 Å². The Morgan fingerprint density at radius 1 is 1.15 bits per heavy atom. The highest BCUT2D eigenvalue weighted by Gasteiger charge is 2.32. The van der Waals surface area contributed by atoms with E-state index < -0.39 is 11.7 Å². The van der Waals surface area contributed by atoms with E-state index >= 15 is 0 Å². The number of halogens is 3. The molecule has 0 amide bonds. The molecule has 5 heteroatoms. The van der Waals surface area contributed by atoms with Crippen LogP contribution < -0.4 is 10.2 Å². The van der Waals surface area contributed by atoms with Gasteiger partial charge in [0.25, 0.3) is 0 Å². The standard InChI is InChI=1S/C15H19F3N2/c16-15(17,18)12-4-3-11(10-19-13-5-6-13)14(9-12)20-7-1-2-8-20/h3-4,9,13,19H,1-2,5-8,10H2. The van der Waals surface area contributed by atoms with Gasteiger partial charge in [0, 0.05) is 31.4 Å². The number of hydrogen-bond acceptors (Lipinski definition) is 2. The van der Waals surface area contributed by atoms with E-state index in [0.29, 0.717) is 12.6 Å². The van der Waals surface area contributed by atoms with Gasteiger partial charge in [-0.3, -0.25) is 0 Å². The van der Waals surface area contributed by atoms with Crippen molar-refractivity contribution in [2.24, 2.45) is 0 Å². The lowest BCUT2D eigenvalue weighted by atomic mass is 10.1. The van der Waals surface area contributed by atoms with Gasteiger partial charge < -0.3 is 10.2 Å². The minimum absolute atomic E-state index is 0.547. The summed E-state index contributed by atoms with van der Waals surface area (Å²) in [6.45, 7) is 2.38. The van der Waals surface area contributed by atoms with Crippen molar-refractivity contribution in [2.75, 3.05) is 18.0 Å². The highest BCUT2D eigenvalue weighted by Crippen LogP contribution is 2.35. The molecule has 2 nitrogen and oxygen atoms in total. The van der Waals surface area contributed by atoms with Gasteiger partial charge in [-0.2, -0.15) is 13.2 Å². The molecule has 0 radical (unpaired) electrons. The lowest BCUT2D eigenvalue weighted by Crippen LogP contribution is -2.23. The molecular weight excluding hydrogens is 265 g/mol. The summed E-state index contributed by atoms with van der Waals surface area (Å²) in [6.07, 6.45) is 0.216. The SMILES string of the molecule is FC(F)(F)c1ccc(CNC2CC2)c(N2CCCC2)c1. The zero-order valence-corrected chi connectivity index (χ0v) is 11.3. The molecule has 0 bridgehead atoms. The van der Waals surface area contributed by atoms with Crippen LogP contribution in [0.3, 0.4) is 0 Å². The molecule has 1 aromatic rings. The fourth-order valence-electron chi connectivity index (χ4n) is 2.68. The van der Waals surface area contributed by atoms with Crippen LogP contribution in [0, 0.1) is 0 Å². The van der Waals surface area contributed by atoms with Crippen LogP contribution in [-0.2, 0) is 12.7 Å². The summed E-state index contributed by atoms with van der Waals surface area (Å²) >= 11 is 0. The van der Waals surface area contributed by atoms with Crippen molar-refractivity contribution < 1.29 is 13.2 Å². The predicted molar refractivity (Wildman–Crippen MR) is 72.8 cm³/mol. The molecule has 0 atom stereocenters. The second kappa shape index (κ2) is 5.28. The number of rotatable bonds is 4. The van der Waals surface area contributed by atoms with Gasteiger partial charge in [0.2, 0.25) is 0 Å². The second-order valence-electron chi connectivity index (χ2n) is 5.69. The molecule has 1 saturated carbocycles. The van der Waals surface area contributed by atoms with Gasteiger partial charge in [-0.1, -0.05) is 6.07 Å². The summed E-state index contributed by atoms with van der Waals surface area (Å²) in [7, 11) is 0. The minimum Gasteiger partial charge on any atom is -0.371 e. The maximum Gasteiger partial charge on any atom is 0.416 e. The third-order valence-corrected chi connectivity index (χ3v) is 4.02. The average molecular weight is 284 g/mol. The van der Waals surface area contributed by atoms with E-state index in [1.165, 1.54) is 25.0 Å². The van der Waals surface area contributed by atoms with Crippen LogP contribution in [0.15, 0.2) is 18.2 Å². The van der Waals surface area contributed by atoms with Gasteiger partial charge in [0.15, 0.2) is 0 Å². The van der Waals surface area contributed by atoms with Crippen LogP contribution in [0.25, 0.3) is 0 Å².